The number of ether oxygens (including phenoxy) is 1. The van der Waals surface area contributed by atoms with E-state index in [4.69, 9.17) is 4.74 Å². The van der Waals surface area contributed by atoms with Crippen molar-refractivity contribution in [2.45, 2.75) is 42.4 Å². The number of sulfone groups is 1. The van der Waals surface area contributed by atoms with E-state index < -0.39 is 15.6 Å². The molecule has 0 aromatic heterocycles. The highest BCUT2D eigenvalue weighted by molar-refractivity contribution is 7.91. The van der Waals surface area contributed by atoms with Crippen LogP contribution in [-0.2, 0) is 14.6 Å². The molecule has 7 heteroatoms. The average Bonchev–Trinajstić information content (AvgIpc) is 3.09. The van der Waals surface area contributed by atoms with Crippen molar-refractivity contribution in [3.63, 3.8) is 0 Å². The number of halogens is 2. The van der Waals surface area contributed by atoms with Gasteiger partial charge in [0.1, 0.15) is 0 Å². The molecule has 0 amide bonds. The fourth-order valence-corrected chi connectivity index (χ4v) is 4.49. The third kappa shape index (κ3) is 3.35. The molecule has 2 aliphatic heterocycles. The molecule has 128 valence electrons. The Morgan fingerprint density at radius 1 is 1.13 bits per heavy atom. The molecule has 1 aromatic carbocycles. The van der Waals surface area contributed by atoms with Crippen LogP contribution in [0.25, 0.3) is 0 Å². The number of piperidine rings is 1. The highest BCUT2D eigenvalue weighted by Crippen LogP contribution is 2.34. The summed E-state index contributed by atoms with van der Waals surface area (Å²) in [5.41, 5.74) is 0.388. The number of benzene rings is 1. The van der Waals surface area contributed by atoms with Crippen molar-refractivity contribution in [1.82, 2.24) is 0 Å². The Labute approximate surface area is 135 Å². The van der Waals surface area contributed by atoms with Crippen molar-refractivity contribution in [2.24, 2.45) is 5.92 Å². The average molecular weight is 345 g/mol. The van der Waals surface area contributed by atoms with Crippen LogP contribution in [0, 0.1) is 5.92 Å². The van der Waals surface area contributed by atoms with Gasteiger partial charge in [-0.1, -0.05) is 12.1 Å². The summed E-state index contributed by atoms with van der Waals surface area (Å²) in [6.07, 6.45) is 4.28. The van der Waals surface area contributed by atoms with Crippen LogP contribution in [-0.4, -0.2) is 40.0 Å². The number of anilines is 1. The molecule has 3 rings (SSSR count). The molecular formula is C16H21F2NO3S. The Kier molecular flexibility index (Phi) is 4.87. The van der Waals surface area contributed by atoms with E-state index in [1.807, 2.05) is 4.90 Å². The zero-order valence-corrected chi connectivity index (χ0v) is 13.6. The van der Waals surface area contributed by atoms with E-state index in [0.717, 1.165) is 32.3 Å². The fourth-order valence-electron chi connectivity index (χ4n) is 3.54. The Balaban J connectivity index is 1.76. The number of hydrogen-bond acceptors (Lipinski definition) is 4. The molecule has 1 unspecified atom stereocenters. The zero-order valence-electron chi connectivity index (χ0n) is 12.8. The molecule has 0 radical (unpaired) electrons. The number of hydrogen-bond donors (Lipinski definition) is 0. The highest BCUT2D eigenvalue weighted by Gasteiger charge is 2.33. The van der Waals surface area contributed by atoms with Gasteiger partial charge >= 0.3 is 5.76 Å². The van der Waals surface area contributed by atoms with E-state index in [2.05, 4.69) is 0 Å². The normalized spacial score (nSPS) is 23.6. The smallest absolute Gasteiger partial charge is 0.341 e. The van der Waals surface area contributed by atoms with E-state index in [-0.39, 0.29) is 4.90 Å². The van der Waals surface area contributed by atoms with Gasteiger partial charge in [-0.15, -0.1) is 0 Å². The molecular weight excluding hydrogens is 324 g/mol. The Morgan fingerprint density at radius 2 is 1.83 bits per heavy atom. The molecule has 0 N–H and O–H groups in total. The zero-order chi connectivity index (χ0) is 16.4. The Morgan fingerprint density at radius 3 is 2.43 bits per heavy atom. The second kappa shape index (κ2) is 6.73. The van der Waals surface area contributed by atoms with Crippen molar-refractivity contribution >= 4 is 15.5 Å². The lowest BCUT2D eigenvalue weighted by Crippen LogP contribution is -2.38. The van der Waals surface area contributed by atoms with Crippen LogP contribution >= 0.6 is 0 Å². The molecule has 1 aromatic rings. The molecule has 0 saturated carbocycles. The summed E-state index contributed by atoms with van der Waals surface area (Å²) in [5.74, 6) is -2.92. The SMILES string of the molecule is O=S(=O)(c1ccccc1N1CCC(C2CCCO2)CC1)C(F)F. The first-order valence-corrected chi connectivity index (χ1v) is 9.52. The molecule has 2 fully saturated rings. The van der Waals surface area contributed by atoms with E-state index in [1.54, 1.807) is 12.1 Å². The lowest BCUT2D eigenvalue weighted by molar-refractivity contribution is 0.0531. The van der Waals surface area contributed by atoms with Crippen molar-refractivity contribution in [3.05, 3.63) is 24.3 Å². The van der Waals surface area contributed by atoms with Gasteiger partial charge in [0.05, 0.1) is 16.7 Å². The maximum absolute atomic E-state index is 12.9. The van der Waals surface area contributed by atoms with Crippen molar-refractivity contribution < 1.29 is 21.9 Å². The minimum absolute atomic E-state index is 0.273. The van der Waals surface area contributed by atoms with Crippen LogP contribution in [0.5, 0.6) is 0 Å². The fraction of sp³-hybridized carbons (Fsp3) is 0.625. The summed E-state index contributed by atoms with van der Waals surface area (Å²) in [6.45, 7) is 2.15. The summed E-state index contributed by atoms with van der Waals surface area (Å²) in [5, 5.41) is 0. The summed E-state index contributed by atoms with van der Waals surface area (Å²) in [4.78, 5) is 1.63. The second-order valence-corrected chi connectivity index (χ2v) is 8.04. The minimum atomic E-state index is -4.59. The lowest BCUT2D eigenvalue weighted by Gasteiger charge is -2.36. The number of alkyl halides is 2. The van der Waals surface area contributed by atoms with Gasteiger partial charge in [0.15, 0.2) is 0 Å². The predicted octanol–water partition coefficient (Wildman–Crippen LogP) is 3.08. The molecule has 4 nitrogen and oxygen atoms in total. The first-order valence-electron chi connectivity index (χ1n) is 7.98. The molecule has 2 aliphatic rings. The molecule has 2 heterocycles. The molecule has 23 heavy (non-hydrogen) atoms. The monoisotopic (exact) mass is 345 g/mol. The lowest BCUT2D eigenvalue weighted by atomic mass is 9.89. The van der Waals surface area contributed by atoms with Crippen LogP contribution in [0.1, 0.15) is 25.7 Å². The number of rotatable bonds is 4. The first-order chi connectivity index (χ1) is 11.0. The molecule has 0 spiro atoms. The third-order valence-electron chi connectivity index (χ3n) is 4.78. The van der Waals surface area contributed by atoms with Crippen molar-refractivity contribution in [2.75, 3.05) is 24.6 Å². The molecule has 0 bridgehead atoms. The Hall–Kier alpha value is -1.21. The number of nitrogens with zero attached hydrogens (tertiary/aromatic N) is 1. The number of para-hydroxylation sites is 1. The van der Waals surface area contributed by atoms with Crippen LogP contribution in [0.2, 0.25) is 0 Å². The third-order valence-corrected chi connectivity index (χ3v) is 6.20. The summed E-state index contributed by atoms with van der Waals surface area (Å²) >= 11 is 0. The van der Waals surface area contributed by atoms with Gasteiger partial charge in [0.25, 0.3) is 0 Å². The molecule has 1 atom stereocenters. The van der Waals surface area contributed by atoms with Gasteiger partial charge < -0.3 is 9.64 Å². The van der Waals surface area contributed by atoms with Crippen molar-refractivity contribution in [3.8, 4) is 0 Å². The van der Waals surface area contributed by atoms with Crippen LogP contribution < -0.4 is 4.90 Å². The molecule has 0 aliphatic carbocycles. The van der Waals surface area contributed by atoms with E-state index in [9.17, 15) is 17.2 Å². The summed E-state index contributed by atoms with van der Waals surface area (Å²) < 4.78 is 55.3. The van der Waals surface area contributed by atoms with Gasteiger partial charge in [-0.05, 0) is 43.7 Å². The Bertz CT molecular complexity index is 636. The van der Waals surface area contributed by atoms with Gasteiger partial charge in [0.2, 0.25) is 9.84 Å². The standard InChI is InChI=1S/C16H21F2NO3S/c17-16(18)23(20,21)15-6-2-1-4-13(15)19-9-7-12(8-10-19)14-5-3-11-22-14/h1-2,4,6,12,14,16H,3,5,7-11H2. The molecule has 2 saturated heterocycles. The minimum Gasteiger partial charge on any atom is -0.378 e. The summed E-state index contributed by atoms with van der Waals surface area (Å²) in [6, 6.07) is 6.05. The summed E-state index contributed by atoms with van der Waals surface area (Å²) in [7, 11) is -4.59. The van der Waals surface area contributed by atoms with Crippen LogP contribution in [0.3, 0.4) is 0 Å². The van der Waals surface area contributed by atoms with Gasteiger partial charge in [0, 0.05) is 19.7 Å². The van der Waals surface area contributed by atoms with E-state index in [0.29, 0.717) is 30.8 Å². The highest BCUT2D eigenvalue weighted by atomic mass is 32.2. The van der Waals surface area contributed by atoms with Gasteiger partial charge in [-0.25, -0.2) is 8.42 Å². The maximum Gasteiger partial charge on any atom is 0.341 e. The quantitative estimate of drug-likeness (QED) is 0.841. The topological polar surface area (TPSA) is 46.6 Å². The van der Waals surface area contributed by atoms with Crippen molar-refractivity contribution in [1.29, 1.82) is 0 Å². The van der Waals surface area contributed by atoms with E-state index >= 15 is 0 Å². The van der Waals surface area contributed by atoms with E-state index in [1.165, 1.54) is 12.1 Å². The van der Waals surface area contributed by atoms with Crippen LogP contribution in [0.15, 0.2) is 29.2 Å². The second-order valence-electron chi connectivity index (χ2n) is 6.15. The van der Waals surface area contributed by atoms with Gasteiger partial charge in [-0.2, -0.15) is 8.78 Å². The maximum atomic E-state index is 12.9. The van der Waals surface area contributed by atoms with Gasteiger partial charge in [-0.3, -0.25) is 0 Å². The first kappa shape index (κ1) is 16.6. The largest absolute Gasteiger partial charge is 0.378 e. The van der Waals surface area contributed by atoms with Crippen LogP contribution in [0.4, 0.5) is 14.5 Å². The predicted molar refractivity (Wildman–Crippen MR) is 83.5 cm³/mol.